The summed E-state index contributed by atoms with van der Waals surface area (Å²) in [5, 5.41) is 8.05. The number of aromatic nitrogens is 5. The monoisotopic (exact) mass is 590 g/mol. The minimum Gasteiger partial charge on any atom is -0.465 e. The molecule has 1 amide bonds. The average molecular weight is 591 g/mol. The third-order valence-corrected chi connectivity index (χ3v) is 7.82. The summed E-state index contributed by atoms with van der Waals surface area (Å²) in [5.41, 5.74) is 3.73. The Morgan fingerprint density at radius 1 is 1.09 bits per heavy atom. The number of piperazine rings is 1. The van der Waals surface area contributed by atoms with Gasteiger partial charge >= 0.3 is 12.1 Å². The molecule has 1 unspecified atom stereocenters. The van der Waals surface area contributed by atoms with Crippen molar-refractivity contribution in [1.82, 2.24) is 29.6 Å². The number of nitrogens with zero attached hydrogens (tertiary/aromatic N) is 7. The normalized spacial score (nSPS) is 18.3. The van der Waals surface area contributed by atoms with E-state index in [9.17, 15) is 9.59 Å². The van der Waals surface area contributed by atoms with E-state index in [0.29, 0.717) is 56.7 Å². The van der Waals surface area contributed by atoms with Crippen LogP contribution in [0.25, 0.3) is 11.3 Å². The highest BCUT2D eigenvalue weighted by atomic mass is 16.6. The third-order valence-electron chi connectivity index (χ3n) is 7.82. The fraction of sp³-hybridized carbons (Fsp3) is 0.548. The molecule has 0 bridgehead atoms. The molecule has 1 saturated heterocycles. The largest absolute Gasteiger partial charge is 0.465 e. The summed E-state index contributed by atoms with van der Waals surface area (Å²) in [7, 11) is 1.90. The van der Waals surface area contributed by atoms with Crippen molar-refractivity contribution in [3.8, 4) is 11.3 Å². The Bertz CT molecular complexity index is 1500. The number of fused-ring (bicyclic) bond motifs is 3. The van der Waals surface area contributed by atoms with Gasteiger partial charge in [0.05, 0.1) is 35.6 Å². The Morgan fingerprint density at radius 3 is 2.42 bits per heavy atom. The molecule has 1 fully saturated rings. The Balaban J connectivity index is 1.34. The molecule has 4 heterocycles. The first-order chi connectivity index (χ1) is 20.3. The minimum atomic E-state index is -0.933. The molecule has 3 aromatic heterocycles. The van der Waals surface area contributed by atoms with Gasteiger partial charge in [-0.05, 0) is 64.7 Å². The lowest BCUT2D eigenvalue weighted by Gasteiger charge is -2.36. The molecule has 2 aliphatic rings. The summed E-state index contributed by atoms with van der Waals surface area (Å²) in [6, 6.07) is 3.89. The number of ether oxygens (including phenoxy) is 2. The maximum atomic E-state index is 13.2. The van der Waals surface area contributed by atoms with Crippen molar-refractivity contribution in [2.45, 2.75) is 71.8 Å². The van der Waals surface area contributed by atoms with Crippen LogP contribution in [0.1, 0.15) is 71.3 Å². The first-order valence-corrected chi connectivity index (χ1v) is 14.9. The van der Waals surface area contributed by atoms with Crippen molar-refractivity contribution in [3.05, 3.63) is 41.5 Å². The second-order valence-corrected chi connectivity index (χ2v) is 12.7. The van der Waals surface area contributed by atoms with E-state index in [4.69, 9.17) is 19.6 Å². The summed E-state index contributed by atoms with van der Waals surface area (Å²) in [6.45, 7) is 16.4. The molecule has 12 heteroatoms. The molecule has 3 aromatic rings. The predicted octanol–water partition coefficient (Wildman–Crippen LogP) is 4.57. The third kappa shape index (κ3) is 6.00. The molecule has 5 rings (SSSR count). The van der Waals surface area contributed by atoms with E-state index in [1.54, 1.807) is 11.1 Å². The van der Waals surface area contributed by atoms with E-state index >= 15 is 0 Å². The van der Waals surface area contributed by atoms with Crippen LogP contribution in [0, 0.1) is 0 Å². The van der Waals surface area contributed by atoms with Crippen molar-refractivity contribution >= 4 is 29.5 Å². The van der Waals surface area contributed by atoms with E-state index in [0.717, 1.165) is 28.2 Å². The zero-order valence-corrected chi connectivity index (χ0v) is 26.4. The lowest BCUT2D eigenvalue weighted by molar-refractivity contribution is -0.149. The zero-order valence-electron chi connectivity index (χ0n) is 26.4. The molecule has 1 atom stereocenters. The number of carbonyl (C=O) groups is 2. The van der Waals surface area contributed by atoms with Crippen LogP contribution in [0.3, 0.4) is 0 Å². The number of carbonyl (C=O) groups excluding carboxylic acids is 2. The van der Waals surface area contributed by atoms with E-state index in [2.05, 4.69) is 34.0 Å². The number of hydrogen-bond acceptors (Lipinski definition) is 10. The smallest absolute Gasteiger partial charge is 0.410 e. The highest BCUT2D eigenvalue weighted by Gasteiger charge is 2.47. The number of pyridine rings is 1. The highest BCUT2D eigenvalue weighted by molar-refractivity contribution is 5.89. The summed E-state index contributed by atoms with van der Waals surface area (Å²) >= 11 is 0. The van der Waals surface area contributed by atoms with Gasteiger partial charge in [0.25, 0.3) is 0 Å². The molecule has 1 N–H and O–H groups in total. The molecule has 0 saturated carbocycles. The molecule has 1 aliphatic heterocycles. The van der Waals surface area contributed by atoms with Crippen molar-refractivity contribution in [2.24, 2.45) is 7.05 Å². The second kappa shape index (κ2) is 11.5. The maximum absolute atomic E-state index is 13.2. The Hall–Kier alpha value is -4.22. The van der Waals surface area contributed by atoms with Crippen LogP contribution in [-0.2, 0) is 33.2 Å². The van der Waals surface area contributed by atoms with Gasteiger partial charge in [0.2, 0.25) is 5.95 Å². The first kappa shape index (κ1) is 30.2. The van der Waals surface area contributed by atoms with Crippen LogP contribution in [-0.4, -0.2) is 80.1 Å². The van der Waals surface area contributed by atoms with E-state index < -0.39 is 11.0 Å². The number of nitrogens with one attached hydrogen (secondary N) is 1. The molecule has 0 radical (unpaired) electrons. The second-order valence-electron chi connectivity index (χ2n) is 12.7. The Morgan fingerprint density at radius 2 is 1.81 bits per heavy atom. The SMILES string of the molecule is CCOC(=O)C1(C)Cc2cnc(Nc3ccc(N4CCN(C(=O)OC(C)(C)C)CC4)cn3)nc2-c2c1nn(C)c2C(C)C. The lowest BCUT2D eigenvalue weighted by atomic mass is 9.73. The number of anilines is 3. The maximum Gasteiger partial charge on any atom is 0.410 e. The van der Waals surface area contributed by atoms with E-state index in [1.807, 2.05) is 64.7 Å². The van der Waals surface area contributed by atoms with Gasteiger partial charge in [0.15, 0.2) is 0 Å². The van der Waals surface area contributed by atoms with Gasteiger partial charge < -0.3 is 24.6 Å². The van der Waals surface area contributed by atoms with Gasteiger partial charge in [0, 0.05) is 45.0 Å². The van der Waals surface area contributed by atoms with Gasteiger partial charge in [-0.3, -0.25) is 9.48 Å². The van der Waals surface area contributed by atoms with Crippen LogP contribution in [0.15, 0.2) is 24.5 Å². The van der Waals surface area contributed by atoms with Crippen molar-refractivity contribution < 1.29 is 19.1 Å². The highest BCUT2D eigenvalue weighted by Crippen LogP contribution is 2.46. The summed E-state index contributed by atoms with van der Waals surface area (Å²) in [6.07, 6.45) is 3.71. The molecular weight excluding hydrogens is 548 g/mol. The van der Waals surface area contributed by atoms with Gasteiger partial charge in [-0.25, -0.2) is 19.7 Å². The quantitative estimate of drug-likeness (QED) is 0.408. The molecule has 0 aromatic carbocycles. The van der Waals surface area contributed by atoms with E-state index in [1.165, 1.54) is 0 Å². The molecule has 43 heavy (non-hydrogen) atoms. The lowest BCUT2D eigenvalue weighted by Crippen LogP contribution is -2.50. The number of esters is 1. The summed E-state index contributed by atoms with van der Waals surface area (Å²) < 4.78 is 12.8. The van der Waals surface area contributed by atoms with Gasteiger partial charge in [-0.1, -0.05) is 13.8 Å². The van der Waals surface area contributed by atoms with Crippen LogP contribution < -0.4 is 10.2 Å². The van der Waals surface area contributed by atoms with Crippen LogP contribution in [0.4, 0.5) is 22.2 Å². The molecule has 0 spiro atoms. The number of hydrogen-bond donors (Lipinski definition) is 1. The fourth-order valence-corrected chi connectivity index (χ4v) is 5.79. The van der Waals surface area contributed by atoms with Gasteiger partial charge in [-0.15, -0.1) is 0 Å². The van der Waals surface area contributed by atoms with Crippen molar-refractivity contribution in [3.63, 3.8) is 0 Å². The van der Waals surface area contributed by atoms with Gasteiger partial charge in [-0.2, -0.15) is 5.10 Å². The topological polar surface area (TPSA) is 128 Å². The number of amides is 1. The van der Waals surface area contributed by atoms with Crippen molar-refractivity contribution in [2.75, 3.05) is 43.0 Å². The molecule has 12 nitrogen and oxygen atoms in total. The standard InChI is InChI=1S/C31H42N8O4/c1-9-42-27(40)31(7)16-20-17-33-28(35-24(20)23-25(19(2)3)37(8)36-26(23)31)34-22-11-10-21(18-32-22)38-12-14-39(15-13-38)29(41)43-30(4,5)6/h10-11,17-19H,9,12-16H2,1-8H3,(H,32,33,34,35). The molecular formula is C31H42N8O4. The Kier molecular flexibility index (Phi) is 8.06. The summed E-state index contributed by atoms with van der Waals surface area (Å²) in [4.78, 5) is 43.6. The zero-order chi connectivity index (χ0) is 31.1. The minimum absolute atomic E-state index is 0.158. The average Bonchev–Trinajstić information content (AvgIpc) is 3.31. The predicted molar refractivity (Wildman–Crippen MR) is 164 cm³/mol. The van der Waals surface area contributed by atoms with E-state index in [-0.39, 0.29) is 18.0 Å². The first-order valence-electron chi connectivity index (χ1n) is 14.9. The number of aryl methyl sites for hydroxylation is 1. The number of rotatable bonds is 6. The fourth-order valence-electron chi connectivity index (χ4n) is 5.79. The molecule has 1 aliphatic carbocycles. The van der Waals surface area contributed by atoms with Crippen LogP contribution in [0.2, 0.25) is 0 Å². The van der Waals surface area contributed by atoms with Crippen LogP contribution >= 0.6 is 0 Å². The Labute approximate surface area is 252 Å². The van der Waals surface area contributed by atoms with Crippen molar-refractivity contribution in [1.29, 1.82) is 0 Å². The molecule has 230 valence electrons. The van der Waals surface area contributed by atoms with Gasteiger partial charge in [0.1, 0.15) is 16.8 Å². The summed E-state index contributed by atoms with van der Waals surface area (Å²) in [5.74, 6) is 0.881. The van der Waals surface area contributed by atoms with Crippen LogP contribution in [0.5, 0.6) is 0 Å².